The Morgan fingerprint density at radius 2 is 2.09 bits per heavy atom. The lowest BCUT2D eigenvalue weighted by Gasteiger charge is -2.26. The van der Waals surface area contributed by atoms with E-state index in [0.717, 1.165) is 25.5 Å². The fourth-order valence-electron chi connectivity index (χ4n) is 3.94. The first-order valence-corrected chi connectivity index (χ1v) is 8.09. The molecule has 0 radical (unpaired) electrons. The summed E-state index contributed by atoms with van der Waals surface area (Å²) >= 11 is 0. The molecule has 0 unspecified atom stereocenters. The Hall–Kier alpha value is -2.15. The van der Waals surface area contributed by atoms with E-state index in [0.29, 0.717) is 18.0 Å². The van der Waals surface area contributed by atoms with Crippen LogP contribution in [-0.2, 0) is 13.6 Å². The molecular formula is C16H22N6O. The number of methoxy groups -OCH3 is 1. The molecule has 2 saturated heterocycles. The van der Waals surface area contributed by atoms with E-state index in [2.05, 4.69) is 31.1 Å². The standard InChI is InChI=1S/C16H22N6O/c1-20-9-12(8-19-20)10-21-5-3-14-13(21)4-6-22(14)15-7-16(23-2)18-11-17-15/h7-9,11,13-14H,3-6,10H2,1-2H3/t13-,14-/m0/s1. The average Bonchev–Trinajstić information content (AvgIpc) is 3.26. The fourth-order valence-corrected chi connectivity index (χ4v) is 3.94. The van der Waals surface area contributed by atoms with E-state index >= 15 is 0 Å². The molecule has 4 rings (SSSR count). The zero-order valence-corrected chi connectivity index (χ0v) is 13.6. The van der Waals surface area contributed by atoms with E-state index in [1.54, 1.807) is 13.4 Å². The largest absolute Gasteiger partial charge is 0.481 e. The highest BCUT2D eigenvalue weighted by atomic mass is 16.5. The summed E-state index contributed by atoms with van der Waals surface area (Å²) in [5.41, 5.74) is 1.29. The van der Waals surface area contributed by atoms with Crippen molar-refractivity contribution in [1.29, 1.82) is 0 Å². The molecule has 2 aliphatic rings. The van der Waals surface area contributed by atoms with Gasteiger partial charge in [-0.15, -0.1) is 0 Å². The van der Waals surface area contributed by atoms with Gasteiger partial charge in [0.15, 0.2) is 0 Å². The van der Waals surface area contributed by atoms with Crippen molar-refractivity contribution in [3.8, 4) is 5.88 Å². The number of anilines is 1. The second-order valence-corrected chi connectivity index (χ2v) is 6.32. The molecule has 0 aromatic carbocycles. The number of likely N-dealkylation sites (tertiary alicyclic amines) is 1. The molecule has 23 heavy (non-hydrogen) atoms. The number of hydrogen-bond donors (Lipinski definition) is 0. The van der Waals surface area contributed by atoms with Gasteiger partial charge in [0.2, 0.25) is 5.88 Å². The molecule has 122 valence electrons. The van der Waals surface area contributed by atoms with Crippen LogP contribution in [0, 0.1) is 0 Å². The van der Waals surface area contributed by atoms with Gasteiger partial charge in [0.05, 0.1) is 13.3 Å². The number of ether oxygens (including phenoxy) is 1. The molecule has 2 atom stereocenters. The molecule has 4 heterocycles. The van der Waals surface area contributed by atoms with E-state index in [9.17, 15) is 0 Å². The smallest absolute Gasteiger partial charge is 0.218 e. The van der Waals surface area contributed by atoms with Crippen LogP contribution in [0.15, 0.2) is 24.8 Å². The lowest BCUT2D eigenvalue weighted by Crippen LogP contribution is -2.36. The van der Waals surface area contributed by atoms with Gasteiger partial charge in [-0.2, -0.15) is 5.10 Å². The number of aryl methyl sites for hydroxylation is 1. The molecule has 7 heteroatoms. The predicted molar refractivity (Wildman–Crippen MR) is 86.4 cm³/mol. The van der Waals surface area contributed by atoms with Crippen molar-refractivity contribution in [3.63, 3.8) is 0 Å². The number of hydrogen-bond acceptors (Lipinski definition) is 6. The second kappa shape index (κ2) is 5.81. The maximum atomic E-state index is 5.23. The van der Waals surface area contributed by atoms with Crippen molar-refractivity contribution >= 4 is 5.82 Å². The minimum Gasteiger partial charge on any atom is -0.481 e. The van der Waals surface area contributed by atoms with E-state index in [1.807, 2.05) is 24.0 Å². The van der Waals surface area contributed by atoms with Gasteiger partial charge in [-0.05, 0) is 12.8 Å². The molecule has 0 amide bonds. The topological polar surface area (TPSA) is 59.3 Å². The zero-order valence-electron chi connectivity index (χ0n) is 13.6. The van der Waals surface area contributed by atoms with Crippen LogP contribution in [0.3, 0.4) is 0 Å². The Labute approximate surface area is 135 Å². The summed E-state index contributed by atoms with van der Waals surface area (Å²) in [7, 11) is 3.61. The second-order valence-electron chi connectivity index (χ2n) is 6.32. The molecule has 0 N–H and O–H groups in total. The van der Waals surface area contributed by atoms with Gasteiger partial charge < -0.3 is 9.64 Å². The normalized spacial score (nSPS) is 24.2. The van der Waals surface area contributed by atoms with Crippen molar-refractivity contribution in [3.05, 3.63) is 30.4 Å². The molecule has 0 spiro atoms. The number of fused-ring (bicyclic) bond motifs is 1. The Bertz CT molecular complexity index is 687. The quantitative estimate of drug-likeness (QED) is 0.841. The van der Waals surface area contributed by atoms with Crippen molar-refractivity contribution < 1.29 is 4.74 Å². The molecule has 2 aromatic rings. The summed E-state index contributed by atoms with van der Waals surface area (Å²) < 4.78 is 7.10. The summed E-state index contributed by atoms with van der Waals surface area (Å²) in [6.45, 7) is 3.15. The summed E-state index contributed by atoms with van der Waals surface area (Å²) in [4.78, 5) is 13.6. The lowest BCUT2D eigenvalue weighted by atomic mass is 10.1. The minimum atomic E-state index is 0.534. The lowest BCUT2D eigenvalue weighted by molar-refractivity contribution is 0.246. The van der Waals surface area contributed by atoms with Gasteiger partial charge in [-0.1, -0.05) is 0 Å². The molecular weight excluding hydrogens is 292 g/mol. The maximum Gasteiger partial charge on any atom is 0.218 e. The van der Waals surface area contributed by atoms with Crippen molar-refractivity contribution in [1.82, 2.24) is 24.6 Å². The van der Waals surface area contributed by atoms with Gasteiger partial charge in [-0.3, -0.25) is 9.58 Å². The third-order valence-corrected chi connectivity index (χ3v) is 4.97. The number of nitrogens with zero attached hydrogens (tertiary/aromatic N) is 6. The summed E-state index contributed by atoms with van der Waals surface area (Å²) in [6.07, 6.45) is 8.02. The van der Waals surface area contributed by atoms with Gasteiger partial charge in [0.25, 0.3) is 0 Å². The van der Waals surface area contributed by atoms with E-state index < -0.39 is 0 Å². The molecule has 2 aromatic heterocycles. The Morgan fingerprint density at radius 3 is 2.87 bits per heavy atom. The average molecular weight is 314 g/mol. The molecule has 0 aliphatic carbocycles. The van der Waals surface area contributed by atoms with Gasteiger partial charge in [-0.25, -0.2) is 9.97 Å². The first kappa shape index (κ1) is 14.4. The SMILES string of the molecule is COc1cc(N2CC[C@H]3[C@@H]2CCN3Cc2cnn(C)c2)ncn1. The highest BCUT2D eigenvalue weighted by molar-refractivity contribution is 5.44. The van der Waals surface area contributed by atoms with Crippen molar-refractivity contribution in [2.45, 2.75) is 31.5 Å². The third-order valence-electron chi connectivity index (χ3n) is 4.97. The minimum absolute atomic E-state index is 0.534. The van der Waals surface area contributed by atoms with Gasteiger partial charge in [0.1, 0.15) is 12.1 Å². The summed E-state index contributed by atoms with van der Waals surface area (Å²) in [5.74, 6) is 1.61. The number of rotatable bonds is 4. The summed E-state index contributed by atoms with van der Waals surface area (Å²) in [5, 5.41) is 4.27. The fraction of sp³-hybridized carbons (Fsp3) is 0.562. The molecule has 7 nitrogen and oxygen atoms in total. The van der Waals surface area contributed by atoms with Crippen LogP contribution >= 0.6 is 0 Å². The van der Waals surface area contributed by atoms with Crippen LogP contribution in [-0.4, -0.2) is 56.9 Å². The highest BCUT2D eigenvalue weighted by Gasteiger charge is 2.42. The Morgan fingerprint density at radius 1 is 1.22 bits per heavy atom. The van der Waals surface area contributed by atoms with Crippen molar-refractivity contribution in [2.75, 3.05) is 25.1 Å². The first-order valence-electron chi connectivity index (χ1n) is 8.09. The summed E-state index contributed by atoms with van der Waals surface area (Å²) in [6, 6.07) is 3.06. The highest BCUT2D eigenvalue weighted by Crippen LogP contribution is 2.35. The van der Waals surface area contributed by atoms with Crippen LogP contribution < -0.4 is 9.64 Å². The van der Waals surface area contributed by atoms with Crippen LogP contribution in [0.5, 0.6) is 5.88 Å². The van der Waals surface area contributed by atoms with Crippen LogP contribution in [0.4, 0.5) is 5.82 Å². The Kier molecular flexibility index (Phi) is 3.65. The van der Waals surface area contributed by atoms with Crippen LogP contribution in [0.2, 0.25) is 0 Å². The molecule has 2 aliphatic heterocycles. The number of aromatic nitrogens is 4. The monoisotopic (exact) mass is 314 g/mol. The third kappa shape index (κ3) is 2.65. The van der Waals surface area contributed by atoms with Gasteiger partial charge >= 0.3 is 0 Å². The van der Waals surface area contributed by atoms with E-state index in [4.69, 9.17) is 4.74 Å². The van der Waals surface area contributed by atoms with E-state index in [1.165, 1.54) is 18.4 Å². The Balaban J connectivity index is 1.48. The molecule has 2 fully saturated rings. The van der Waals surface area contributed by atoms with E-state index in [-0.39, 0.29) is 0 Å². The molecule has 0 saturated carbocycles. The zero-order chi connectivity index (χ0) is 15.8. The van der Waals surface area contributed by atoms with Gasteiger partial charge in [0, 0.05) is 56.6 Å². The first-order chi connectivity index (χ1) is 11.2. The maximum absolute atomic E-state index is 5.23. The molecule has 0 bridgehead atoms. The predicted octanol–water partition coefficient (Wildman–Crippen LogP) is 1.07. The van der Waals surface area contributed by atoms with Crippen LogP contribution in [0.1, 0.15) is 18.4 Å². The van der Waals surface area contributed by atoms with Crippen molar-refractivity contribution in [2.24, 2.45) is 7.05 Å². The van der Waals surface area contributed by atoms with Crippen LogP contribution in [0.25, 0.3) is 0 Å².